The molecule has 10 nitrogen and oxygen atoms in total. The molecule has 1 fully saturated rings. The van der Waals surface area contributed by atoms with E-state index in [4.69, 9.17) is 31.3 Å². The number of benzene rings is 2. The summed E-state index contributed by atoms with van der Waals surface area (Å²) in [6.07, 6.45) is 0.932. The number of halogens is 1. The molecule has 0 bridgehead atoms. The number of rotatable bonds is 9. The largest absolute Gasteiger partial charge is 0.483 e. The maximum Gasteiger partial charge on any atom is 0.290 e. The lowest BCUT2D eigenvalue weighted by Crippen LogP contribution is -2.35. The Hall–Kier alpha value is -3.29. The molecule has 3 N–H and O–H groups in total. The highest BCUT2D eigenvalue weighted by atomic mass is 35.5. The molecule has 1 saturated heterocycles. The second-order valence-corrected chi connectivity index (χ2v) is 13.8. The third-order valence-corrected chi connectivity index (χ3v) is 10.3. The van der Waals surface area contributed by atoms with Crippen molar-refractivity contribution in [2.24, 2.45) is 5.92 Å². The van der Waals surface area contributed by atoms with Crippen molar-refractivity contribution in [2.75, 3.05) is 13.2 Å². The Morgan fingerprint density at radius 3 is 2.64 bits per heavy atom. The standard InChI is InChI=1S/C28H30ClN3O5S2.CH2O2/c1-18(33)22-8-3-9-24-27(22)23(17-39(35,36)26-11-10-25(29)38-26)31-32(24)15-20-6-2-5-19(13-20)14-30-28(34)21-7-4-12-37-16-21;2-1-3/h2-3,5-6,8-11,13,18,21,33H,4,7,12,14-17H2,1H3,(H,30,34);1H,(H,2,3). The van der Waals surface area contributed by atoms with Crippen molar-refractivity contribution in [2.45, 2.75) is 48.9 Å². The number of fused-ring (bicyclic) bond motifs is 1. The molecule has 1 aliphatic heterocycles. The summed E-state index contributed by atoms with van der Waals surface area (Å²) in [5.41, 5.74) is 3.64. The number of sulfone groups is 1. The second-order valence-electron chi connectivity index (χ2n) is 9.90. The highest BCUT2D eigenvalue weighted by Gasteiger charge is 2.25. The van der Waals surface area contributed by atoms with Gasteiger partial charge in [-0.15, -0.1) is 11.3 Å². The van der Waals surface area contributed by atoms with Gasteiger partial charge in [0.15, 0.2) is 9.84 Å². The van der Waals surface area contributed by atoms with E-state index in [9.17, 15) is 18.3 Å². The third kappa shape index (κ3) is 7.75. The molecule has 0 saturated carbocycles. The molecule has 3 heterocycles. The summed E-state index contributed by atoms with van der Waals surface area (Å²) < 4.78 is 34.2. The summed E-state index contributed by atoms with van der Waals surface area (Å²) in [7, 11) is -3.69. The van der Waals surface area contributed by atoms with E-state index in [-0.39, 0.29) is 28.3 Å². The van der Waals surface area contributed by atoms with E-state index in [0.717, 1.165) is 40.8 Å². The molecule has 2 atom stereocenters. The van der Waals surface area contributed by atoms with Gasteiger partial charge < -0.3 is 20.3 Å². The number of aliphatic hydroxyl groups excluding tert-OH is 1. The van der Waals surface area contributed by atoms with Gasteiger partial charge in [-0.3, -0.25) is 14.3 Å². The summed E-state index contributed by atoms with van der Waals surface area (Å²) >= 11 is 7.00. The van der Waals surface area contributed by atoms with Crippen molar-refractivity contribution in [1.82, 2.24) is 15.1 Å². The Morgan fingerprint density at radius 2 is 1.98 bits per heavy atom. The summed E-state index contributed by atoms with van der Waals surface area (Å²) in [4.78, 5) is 20.9. The van der Waals surface area contributed by atoms with Gasteiger partial charge in [0.25, 0.3) is 6.47 Å². The topological polar surface area (TPSA) is 148 Å². The van der Waals surface area contributed by atoms with Crippen LogP contribution in [-0.2, 0) is 43.0 Å². The number of amides is 1. The minimum absolute atomic E-state index is 0.00158. The van der Waals surface area contributed by atoms with Crippen LogP contribution >= 0.6 is 22.9 Å². The monoisotopic (exact) mass is 633 g/mol. The van der Waals surface area contributed by atoms with Crippen LogP contribution in [0.1, 0.15) is 48.3 Å². The van der Waals surface area contributed by atoms with Crippen molar-refractivity contribution in [1.29, 1.82) is 0 Å². The summed E-state index contributed by atoms with van der Waals surface area (Å²) in [6.45, 7) is 3.37. The van der Waals surface area contributed by atoms with E-state index < -0.39 is 15.9 Å². The van der Waals surface area contributed by atoms with Crippen LogP contribution in [0.3, 0.4) is 0 Å². The molecule has 2 unspecified atom stereocenters. The predicted molar refractivity (Wildman–Crippen MR) is 160 cm³/mol. The molecular weight excluding hydrogens is 602 g/mol. The van der Waals surface area contributed by atoms with Crippen LogP contribution in [0.4, 0.5) is 0 Å². The van der Waals surface area contributed by atoms with Crippen LogP contribution in [0.2, 0.25) is 4.34 Å². The van der Waals surface area contributed by atoms with Gasteiger partial charge in [-0.25, -0.2) is 8.42 Å². The van der Waals surface area contributed by atoms with Crippen molar-refractivity contribution in [3.8, 4) is 0 Å². The van der Waals surface area contributed by atoms with Gasteiger partial charge in [0.05, 0.1) is 40.7 Å². The molecule has 0 radical (unpaired) electrons. The molecule has 42 heavy (non-hydrogen) atoms. The molecule has 1 aliphatic rings. The Bertz CT molecular complexity index is 1640. The Balaban J connectivity index is 0.00000129. The van der Waals surface area contributed by atoms with E-state index >= 15 is 0 Å². The molecule has 2 aromatic carbocycles. The van der Waals surface area contributed by atoms with E-state index in [1.165, 1.54) is 6.07 Å². The number of thiophene rings is 1. The van der Waals surface area contributed by atoms with Gasteiger partial charge >= 0.3 is 0 Å². The predicted octanol–water partition coefficient (Wildman–Crippen LogP) is 4.57. The second kappa shape index (κ2) is 14.3. The van der Waals surface area contributed by atoms with E-state index in [2.05, 4.69) is 5.32 Å². The minimum atomic E-state index is -3.69. The van der Waals surface area contributed by atoms with Gasteiger partial charge in [0, 0.05) is 18.5 Å². The van der Waals surface area contributed by atoms with E-state index in [1.807, 2.05) is 36.4 Å². The number of nitrogens with one attached hydrogen (secondary N) is 1. The smallest absolute Gasteiger partial charge is 0.290 e. The quantitative estimate of drug-likeness (QED) is 0.227. The van der Waals surface area contributed by atoms with Crippen molar-refractivity contribution in [3.05, 3.63) is 81.3 Å². The number of hydrogen-bond acceptors (Lipinski definition) is 8. The number of carbonyl (C=O) groups excluding carboxylic acids is 1. The highest BCUT2D eigenvalue weighted by molar-refractivity contribution is 7.92. The molecule has 4 aromatic rings. The van der Waals surface area contributed by atoms with Crippen LogP contribution in [0.25, 0.3) is 10.9 Å². The first-order valence-corrected chi connectivity index (χ1v) is 16.1. The fraction of sp³-hybridized carbons (Fsp3) is 0.345. The third-order valence-electron chi connectivity index (χ3n) is 6.84. The summed E-state index contributed by atoms with van der Waals surface area (Å²) in [5, 5.41) is 25.7. The average Bonchev–Trinajstić information content (AvgIpc) is 3.56. The summed E-state index contributed by atoms with van der Waals surface area (Å²) in [5.74, 6) is -0.421. The fourth-order valence-electron chi connectivity index (χ4n) is 4.91. The number of aliphatic hydroxyl groups is 1. The fourth-order valence-corrected chi connectivity index (χ4v) is 7.76. The lowest BCUT2D eigenvalue weighted by atomic mass is 10.0. The zero-order valence-electron chi connectivity index (χ0n) is 22.9. The zero-order valence-corrected chi connectivity index (χ0v) is 25.3. The number of carboxylic acid groups (broad SMARTS) is 1. The highest BCUT2D eigenvalue weighted by Crippen LogP contribution is 2.33. The number of aromatic nitrogens is 2. The first-order valence-electron chi connectivity index (χ1n) is 13.3. The number of carbonyl (C=O) groups is 2. The molecular formula is C29H32ClN3O7S2. The first-order chi connectivity index (χ1) is 20.1. The lowest BCUT2D eigenvalue weighted by molar-refractivity contribution is -0.129. The van der Waals surface area contributed by atoms with E-state index in [1.54, 1.807) is 23.7 Å². The van der Waals surface area contributed by atoms with Crippen LogP contribution in [-0.4, -0.2) is 54.0 Å². The van der Waals surface area contributed by atoms with Crippen LogP contribution < -0.4 is 5.32 Å². The van der Waals surface area contributed by atoms with E-state index in [0.29, 0.717) is 47.3 Å². The van der Waals surface area contributed by atoms with Gasteiger partial charge in [0.1, 0.15) is 9.96 Å². The first kappa shape index (κ1) is 31.6. The van der Waals surface area contributed by atoms with Crippen LogP contribution in [0.5, 0.6) is 0 Å². The summed E-state index contributed by atoms with van der Waals surface area (Å²) in [6, 6.07) is 16.4. The molecule has 2 aromatic heterocycles. The van der Waals surface area contributed by atoms with Crippen LogP contribution in [0, 0.1) is 5.92 Å². The molecule has 0 aliphatic carbocycles. The Morgan fingerprint density at radius 1 is 1.24 bits per heavy atom. The average molecular weight is 634 g/mol. The van der Waals surface area contributed by atoms with Crippen molar-refractivity contribution >= 4 is 56.1 Å². The van der Waals surface area contributed by atoms with Crippen molar-refractivity contribution in [3.63, 3.8) is 0 Å². The SMILES string of the molecule is CC(O)c1cccc2c1c(CS(=O)(=O)c1ccc(Cl)s1)nn2Cc1cccc(CNC(=O)C2CCCOC2)c1.O=CO. The molecule has 13 heteroatoms. The van der Waals surface area contributed by atoms with Crippen molar-refractivity contribution < 1.29 is 33.0 Å². The maximum absolute atomic E-state index is 13.2. The molecule has 1 amide bonds. The van der Waals surface area contributed by atoms with Crippen LogP contribution in [0.15, 0.2) is 58.8 Å². The zero-order chi connectivity index (χ0) is 30.3. The normalized spacial score (nSPS) is 15.9. The minimum Gasteiger partial charge on any atom is -0.483 e. The van der Waals surface area contributed by atoms with Gasteiger partial charge in [-0.2, -0.15) is 5.10 Å². The van der Waals surface area contributed by atoms with Gasteiger partial charge in [-0.05, 0) is 54.7 Å². The number of nitrogens with zero attached hydrogens (tertiary/aromatic N) is 2. The Kier molecular flexibility index (Phi) is 10.7. The molecule has 224 valence electrons. The Labute approximate surface area is 252 Å². The number of ether oxygens (including phenoxy) is 1. The van der Waals surface area contributed by atoms with Gasteiger partial charge in [0.2, 0.25) is 5.91 Å². The molecule has 0 spiro atoms. The lowest BCUT2D eigenvalue weighted by Gasteiger charge is -2.21. The maximum atomic E-state index is 13.2. The molecule has 5 rings (SSSR count). The van der Waals surface area contributed by atoms with Gasteiger partial charge in [-0.1, -0.05) is 48.0 Å². The number of hydrogen-bond donors (Lipinski definition) is 3.